The van der Waals surface area contributed by atoms with Gasteiger partial charge in [0.05, 0.1) is 24.4 Å². The lowest BCUT2D eigenvalue weighted by Gasteiger charge is -2.11. The average Bonchev–Trinajstić information content (AvgIpc) is 3.28. The predicted molar refractivity (Wildman–Crippen MR) is 117 cm³/mol. The Bertz CT molecular complexity index is 1190. The molecule has 6 heteroatoms. The molecule has 0 radical (unpaired) electrons. The lowest BCUT2D eigenvalue weighted by atomic mass is 10.1. The van der Waals surface area contributed by atoms with Crippen LogP contribution in [0.15, 0.2) is 72.9 Å². The topological polar surface area (TPSA) is 70.9 Å². The van der Waals surface area contributed by atoms with E-state index < -0.39 is 0 Å². The van der Waals surface area contributed by atoms with E-state index in [0.29, 0.717) is 28.7 Å². The number of nitrogens with zero attached hydrogens (tertiary/aromatic N) is 2. The Kier molecular flexibility index (Phi) is 5.69. The van der Waals surface area contributed by atoms with Crippen LogP contribution in [0.2, 0.25) is 5.02 Å². The maximum atomic E-state index is 8.88. The van der Waals surface area contributed by atoms with E-state index in [1.54, 1.807) is 19.2 Å². The van der Waals surface area contributed by atoms with Crippen LogP contribution >= 0.6 is 11.6 Å². The van der Waals surface area contributed by atoms with Gasteiger partial charge in [-0.15, -0.1) is 0 Å². The monoisotopic (exact) mass is 415 g/mol. The van der Waals surface area contributed by atoms with Crippen LogP contribution in [0.1, 0.15) is 11.1 Å². The van der Waals surface area contributed by atoms with Crippen LogP contribution in [-0.2, 0) is 6.61 Å². The standard InChI is InChI=1S/C24H18ClN3O2/c1-29-23-12-20(30-15-17-4-2-16(13-26)3-5-17)10-11-21(23)22-14-27-24(28-22)18-6-8-19(25)9-7-18/h2-12,14H,15H2,1H3,(H,27,28). The van der Waals surface area contributed by atoms with E-state index in [0.717, 1.165) is 28.2 Å². The van der Waals surface area contributed by atoms with Crippen molar-refractivity contribution in [3.8, 4) is 40.2 Å². The molecule has 1 aromatic heterocycles. The molecule has 148 valence electrons. The quantitative estimate of drug-likeness (QED) is 0.428. The third kappa shape index (κ3) is 4.29. The number of hydrogen-bond donors (Lipinski definition) is 1. The second kappa shape index (κ2) is 8.73. The minimum atomic E-state index is 0.400. The van der Waals surface area contributed by atoms with Gasteiger partial charge in [0, 0.05) is 28.4 Å². The average molecular weight is 416 g/mol. The third-order valence-corrected chi connectivity index (χ3v) is 4.88. The fraction of sp³-hybridized carbons (Fsp3) is 0.0833. The van der Waals surface area contributed by atoms with Crippen molar-refractivity contribution < 1.29 is 9.47 Å². The Labute approximate surface area is 179 Å². The maximum absolute atomic E-state index is 8.88. The van der Waals surface area contributed by atoms with Gasteiger partial charge < -0.3 is 14.5 Å². The SMILES string of the molecule is COc1cc(OCc2ccc(C#N)cc2)ccc1-c1c[nH]c(-c2ccc(Cl)cc2)n1. The summed E-state index contributed by atoms with van der Waals surface area (Å²) in [7, 11) is 1.62. The number of aromatic amines is 1. The maximum Gasteiger partial charge on any atom is 0.138 e. The largest absolute Gasteiger partial charge is 0.496 e. The van der Waals surface area contributed by atoms with Crippen molar-refractivity contribution in [2.24, 2.45) is 0 Å². The molecule has 0 spiro atoms. The molecule has 4 rings (SSSR count). The summed E-state index contributed by atoms with van der Waals surface area (Å²) in [6, 6.07) is 22.6. The number of benzene rings is 3. The molecule has 0 atom stereocenters. The summed E-state index contributed by atoms with van der Waals surface area (Å²) in [5, 5.41) is 9.57. The smallest absolute Gasteiger partial charge is 0.138 e. The summed E-state index contributed by atoms with van der Waals surface area (Å²) < 4.78 is 11.4. The Hall–Kier alpha value is -3.75. The van der Waals surface area contributed by atoms with Crippen LogP contribution < -0.4 is 9.47 Å². The van der Waals surface area contributed by atoms with Gasteiger partial charge in [-0.1, -0.05) is 23.7 Å². The molecule has 0 fully saturated rings. The van der Waals surface area contributed by atoms with Gasteiger partial charge in [0.25, 0.3) is 0 Å². The normalized spacial score (nSPS) is 10.4. The van der Waals surface area contributed by atoms with Gasteiger partial charge >= 0.3 is 0 Å². The highest BCUT2D eigenvalue weighted by Gasteiger charge is 2.12. The van der Waals surface area contributed by atoms with Crippen molar-refractivity contribution in [1.82, 2.24) is 9.97 Å². The number of halogens is 1. The lowest BCUT2D eigenvalue weighted by molar-refractivity contribution is 0.304. The molecule has 0 saturated heterocycles. The van der Waals surface area contributed by atoms with Crippen molar-refractivity contribution in [2.75, 3.05) is 7.11 Å². The van der Waals surface area contributed by atoms with Crippen LogP contribution in [0.5, 0.6) is 11.5 Å². The summed E-state index contributed by atoms with van der Waals surface area (Å²) >= 11 is 5.96. The molecule has 3 aromatic carbocycles. The van der Waals surface area contributed by atoms with Gasteiger partial charge in [-0.05, 0) is 54.1 Å². The Balaban J connectivity index is 1.52. The number of methoxy groups -OCH3 is 1. The number of imidazole rings is 1. The van der Waals surface area contributed by atoms with Crippen molar-refractivity contribution >= 4 is 11.6 Å². The van der Waals surface area contributed by atoms with Crippen molar-refractivity contribution in [1.29, 1.82) is 5.26 Å². The Morgan fingerprint density at radius 3 is 2.50 bits per heavy atom. The number of H-pyrrole nitrogens is 1. The zero-order valence-electron chi connectivity index (χ0n) is 16.2. The van der Waals surface area contributed by atoms with Crippen molar-refractivity contribution in [3.05, 3.63) is 89.1 Å². The molecule has 0 unspecified atom stereocenters. The summed E-state index contributed by atoms with van der Waals surface area (Å²) in [5.41, 5.74) is 4.20. The van der Waals surface area contributed by atoms with Gasteiger partial charge in [-0.2, -0.15) is 5.26 Å². The van der Waals surface area contributed by atoms with Gasteiger partial charge in [-0.25, -0.2) is 4.98 Å². The zero-order chi connectivity index (χ0) is 20.9. The molecule has 4 aromatic rings. The highest BCUT2D eigenvalue weighted by atomic mass is 35.5. The van der Waals surface area contributed by atoms with E-state index in [2.05, 4.69) is 16.0 Å². The predicted octanol–water partition coefficient (Wildman–Crippen LogP) is 5.86. The van der Waals surface area contributed by atoms with E-state index in [1.807, 2.05) is 60.8 Å². The Morgan fingerprint density at radius 2 is 1.80 bits per heavy atom. The molecule has 0 aliphatic carbocycles. The molecule has 1 heterocycles. The van der Waals surface area contributed by atoms with Gasteiger partial charge in [0.15, 0.2) is 0 Å². The van der Waals surface area contributed by atoms with Crippen LogP contribution in [0, 0.1) is 11.3 Å². The number of hydrogen-bond acceptors (Lipinski definition) is 4. The molecule has 0 bridgehead atoms. The van der Waals surface area contributed by atoms with E-state index in [-0.39, 0.29) is 0 Å². The van der Waals surface area contributed by atoms with Crippen molar-refractivity contribution in [3.63, 3.8) is 0 Å². The molecular weight excluding hydrogens is 398 g/mol. The van der Waals surface area contributed by atoms with Crippen LogP contribution in [-0.4, -0.2) is 17.1 Å². The van der Waals surface area contributed by atoms with E-state index >= 15 is 0 Å². The highest BCUT2D eigenvalue weighted by molar-refractivity contribution is 6.30. The molecule has 30 heavy (non-hydrogen) atoms. The molecule has 0 saturated carbocycles. The van der Waals surface area contributed by atoms with E-state index in [4.69, 9.17) is 26.3 Å². The number of nitrogens with one attached hydrogen (secondary N) is 1. The fourth-order valence-corrected chi connectivity index (χ4v) is 3.16. The highest BCUT2D eigenvalue weighted by Crippen LogP contribution is 2.33. The van der Waals surface area contributed by atoms with E-state index in [1.165, 1.54) is 0 Å². The summed E-state index contributed by atoms with van der Waals surface area (Å²) in [5.74, 6) is 2.11. The van der Waals surface area contributed by atoms with E-state index in [9.17, 15) is 0 Å². The zero-order valence-corrected chi connectivity index (χ0v) is 17.0. The minimum Gasteiger partial charge on any atom is -0.496 e. The van der Waals surface area contributed by atoms with Gasteiger partial charge in [-0.3, -0.25) is 0 Å². The number of aromatic nitrogens is 2. The number of ether oxygens (including phenoxy) is 2. The first-order valence-corrected chi connectivity index (χ1v) is 9.65. The summed E-state index contributed by atoms with van der Waals surface area (Å²) in [6.07, 6.45) is 1.85. The van der Waals surface area contributed by atoms with Crippen LogP contribution in [0.3, 0.4) is 0 Å². The number of rotatable bonds is 6. The van der Waals surface area contributed by atoms with Crippen molar-refractivity contribution in [2.45, 2.75) is 6.61 Å². The Morgan fingerprint density at radius 1 is 1.03 bits per heavy atom. The first-order chi connectivity index (χ1) is 14.7. The lowest BCUT2D eigenvalue weighted by Crippen LogP contribution is -1.97. The fourth-order valence-electron chi connectivity index (χ4n) is 3.03. The summed E-state index contributed by atoms with van der Waals surface area (Å²) in [6.45, 7) is 0.400. The molecule has 0 amide bonds. The molecule has 5 nitrogen and oxygen atoms in total. The van der Waals surface area contributed by atoms with Gasteiger partial charge in [0.2, 0.25) is 0 Å². The number of nitriles is 1. The molecule has 1 N–H and O–H groups in total. The second-order valence-corrected chi connectivity index (χ2v) is 7.04. The molecule has 0 aliphatic rings. The van der Waals surface area contributed by atoms with Crippen LogP contribution in [0.25, 0.3) is 22.6 Å². The molecule has 0 aliphatic heterocycles. The van der Waals surface area contributed by atoms with Gasteiger partial charge in [0.1, 0.15) is 23.9 Å². The first-order valence-electron chi connectivity index (χ1n) is 9.28. The first kappa shape index (κ1) is 19.6. The molecular formula is C24H18ClN3O2. The van der Waals surface area contributed by atoms with Crippen LogP contribution in [0.4, 0.5) is 0 Å². The third-order valence-electron chi connectivity index (χ3n) is 4.63. The summed E-state index contributed by atoms with van der Waals surface area (Å²) in [4.78, 5) is 7.88. The second-order valence-electron chi connectivity index (χ2n) is 6.60. The minimum absolute atomic E-state index is 0.400.